The topological polar surface area (TPSA) is 59.3 Å². The minimum Gasteiger partial charge on any atom is -0.421 e. The Balaban J connectivity index is 1.70. The molecule has 0 fully saturated rings. The first-order valence-electron chi connectivity index (χ1n) is 9.20. The molecule has 1 N–H and O–H groups in total. The van der Waals surface area contributed by atoms with Crippen molar-refractivity contribution in [3.8, 4) is 0 Å². The van der Waals surface area contributed by atoms with Gasteiger partial charge in [0.25, 0.3) is 5.91 Å². The van der Waals surface area contributed by atoms with Gasteiger partial charge in [0.2, 0.25) is 0 Å². The molecule has 1 heterocycles. The number of benzene rings is 2. The van der Waals surface area contributed by atoms with E-state index in [0.717, 1.165) is 12.8 Å². The van der Waals surface area contributed by atoms with Gasteiger partial charge in [-0.05, 0) is 54.8 Å². The van der Waals surface area contributed by atoms with Crippen molar-refractivity contribution < 1.29 is 9.21 Å². The molecule has 0 aliphatic rings. The van der Waals surface area contributed by atoms with Crippen LogP contribution in [0.2, 0.25) is 5.02 Å². The smallest absolute Gasteiger partial charge is 0.360 e. The highest BCUT2D eigenvalue weighted by Crippen LogP contribution is 2.20. The zero-order valence-electron chi connectivity index (χ0n) is 15.3. The van der Waals surface area contributed by atoms with Gasteiger partial charge in [-0.15, -0.1) is 0 Å². The highest BCUT2D eigenvalue weighted by Gasteiger charge is 2.11. The Kier molecular flexibility index (Phi) is 6.30. The average molecular weight is 384 g/mol. The van der Waals surface area contributed by atoms with Crippen molar-refractivity contribution in [3.05, 3.63) is 75.1 Å². The van der Waals surface area contributed by atoms with Gasteiger partial charge < -0.3 is 9.73 Å². The number of anilines is 1. The van der Waals surface area contributed by atoms with E-state index in [2.05, 4.69) is 12.2 Å². The highest BCUT2D eigenvalue weighted by atomic mass is 35.5. The van der Waals surface area contributed by atoms with E-state index < -0.39 is 5.63 Å². The van der Waals surface area contributed by atoms with Crippen LogP contribution in [0.5, 0.6) is 0 Å². The summed E-state index contributed by atoms with van der Waals surface area (Å²) in [7, 11) is 0. The number of carbonyl (C=O) groups excluding carboxylic acids is 1. The summed E-state index contributed by atoms with van der Waals surface area (Å²) < 4.78 is 5.24. The summed E-state index contributed by atoms with van der Waals surface area (Å²) in [5, 5.41) is 3.81. The van der Waals surface area contributed by atoms with Crippen molar-refractivity contribution in [2.24, 2.45) is 0 Å². The number of carbonyl (C=O) groups is 1. The summed E-state index contributed by atoms with van der Waals surface area (Å²) >= 11 is 5.97. The lowest BCUT2D eigenvalue weighted by Gasteiger charge is -2.07. The fourth-order valence-electron chi connectivity index (χ4n) is 2.95. The van der Waals surface area contributed by atoms with Gasteiger partial charge in [0.1, 0.15) is 11.3 Å². The quantitative estimate of drug-likeness (QED) is 0.413. The van der Waals surface area contributed by atoms with Gasteiger partial charge in [-0.25, -0.2) is 4.79 Å². The van der Waals surface area contributed by atoms with Gasteiger partial charge in [0, 0.05) is 16.0 Å². The van der Waals surface area contributed by atoms with Crippen molar-refractivity contribution in [3.63, 3.8) is 0 Å². The molecular weight excluding hydrogens is 362 g/mol. The van der Waals surface area contributed by atoms with E-state index in [1.165, 1.54) is 24.8 Å². The predicted molar refractivity (Wildman–Crippen MR) is 110 cm³/mol. The second-order valence-corrected chi connectivity index (χ2v) is 7.03. The van der Waals surface area contributed by atoms with Gasteiger partial charge in [0.05, 0.1) is 0 Å². The van der Waals surface area contributed by atoms with Crippen molar-refractivity contribution in [1.82, 2.24) is 0 Å². The molecule has 0 radical (unpaired) electrons. The van der Waals surface area contributed by atoms with E-state index in [-0.39, 0.29) is 11.6 Å². The van der Waals surface area contributed by atoms with Crippen LogP contribution in [0.1, 0.15) is 48.5 Å². The van der Waals surface area contributed by atoms with E-state index in [9.17, 15) is 9.59 Å². The van der Waals surface area contributed by atoms with Crippen LogP contribution in [0.3, 0.4) is 0 Å². The molecule has 0 aliphatic heterocycles. The third-order valence-corrected chi connectivity index (χ3v) is 4.71. The van der Waals surface area contributed by atoms with Crippen molar-refractivity contribution >= 4 is 34.2 Å². The summed E-state index contributed by atoms with van der Waals surface area (Å²) in [6, 6.07) is 14.0. The number of unbranched alkanes of at least 4 members (excludes halogenated alkanes) is 3. The van der Waals surface area contributed by atoms with Gasteiger partial charge in [0.15, 0.2) is 0 Å². The maximum atomic E-state index is 12.5. The standard InChI is InChI=1S/C22H22ClNO3/c1-2-3-4-5-6-15-7-9-16(10-8-15)21(25)24-19-14-17-13-18(23)11-12-20(17)27-22(19)26/h7-14H,2-6H2,1H3,(H,24,25). The van der Waals surface area contributed by atoms with Crippen LogP contribution < -0.4 is 10.9 Å². The van der Waals surface area contributed by atoms with Crippen LogP contribution in [-0.2, 0) is 6.42 Å². The summed E-state index contributed by atoms with van der Waals surface area (Å²) in [5.74, 6) is -0.346. The van der Waals surface area contributed by atoms with Crippen LogP contribution in [0.25, 0.3) is 11.0 Å². The molecule has 3 aromatic rings. The third-order valence-electron chi connectivity index (χ3n) is 4.48. The van der Waals surface area contributed by atoms with Crippen LogP contribution >= 0.6 is 11.6 Å². The van der Waals surface area contributed by atoms with Crippen LogP contribution in [0, 0.1) is 0 Å². The Labute approximate surface area is 163 Å². The molecule has 0 saturated carbocycles. The zero-order valence-corrected chi connectivity index (χ0v) is 16.0. The molecule has 3 rings (SSSR count). The Morgan fingerprint density at radius 3 is 2.56 bits per heavy atom. The van der Waals surface area contributed by atoms with Gasteiger partial charge in [-0.3, -0.25) is 4.79 Å². The SMILES string of the molecule is CCCCCCc1ccc(C(=O)Nc2cc3cc(Cl)ccc3oc2=O)cc1. The minimum absolute atomic E-state index is 0.0957. The molecule has 140 valence electrons. The molecule has 0 aliphatic carbocycles. The summed E-state index contributed by atoms with van der Waals surface area (Å²) in [6.45, 7) is 2.19. The number of nitrogens with one attached hydrogen (secondary N) is 1. The molecule has 4 nitrogen and oxygen atoms in total. The zero-order chi connectivity index (χ0) is 19.2. The summed E-state index contributed by atoms with van der Waals surface area (Å²) in [5.41, 5.74) is 1.64. The molecule has 0 atom stereocenters. The first-order valence-corrected chi connectivity index (χ1v) is 9.58. The Hall–Kier alpha value is -2.59. The number of aryl methyl sites for hydroxylation is 1. The molecule has 0 spiro atoms. The largest absolute Gasteiger partial charge is 0.421 e. The maximum Gasteiger partial charge on any atom is 0.360 e. The lowest BCUT2D eigenvalue weighted by atomic mass is 10.0. The monoisotopic (exact) mass is 383 g/mol. The number of halogens is 1. The lowest BCUT2D eigenvalue weighted by Crippen LogP contribution is -2.17. The molecule has 0 saturated heterocycles. The number of fused-ring (bicyclic) bond motifs is 1. The minimum atomic E-state index is -0.592. The Bertz CT molecular complexity index is 993. The molecule has 1 aromatic heterocycles. The summed E-state index contributed by atoms with van der Waals surface area (Å²) in [4.78, 5) is 24.6. The molecule has 1 amide bonds. The van der Waals surface area contributed by atoms with Crippen LogP contribution in [0.15, 0.2) is 57.7 Å². The predicted octanol–water partition coefficient (Wildman–Crippen LogP) is 5.82. The first kappa shape index (κ1) is 19.2. The fourth-order valence-corrected chi connectivity index (χ4v) is 3.14. The summed E-state index contributed by atoms with van der Waals surface area (Å²) in [6.07, 6.45) is 5.85. The van der Waals surface area contributed by atoms with E-state index in [1.54, 1.807) is 36.4 Å². The Morgan fingerprint density at radius 1 is 1.04 bits per heavy atom. The highest BCUT2D eigenvalue weighted by molar-refractivity contribution is 6.31. The van der Waals surface area contributed by atoms with Gasteiger partial charge in [-0.2, -0.15) is 0 Å². The number of hydrogen-bond acceptors (Lipinski definition) is 3. The van der Waals surface area contributed by atoms with E-state index in [0.29, 0.717) is 21.6 Å². The van der Waals surface area contributed by atoms with E-state index in [1.807, 2.05) is 12.1 Å². The second-order valence-electron chi connectivity index (χ2n) is 6.59. The van der Waals surface area contributed by atoms with Crippen molar-refractivity contribution in [2.45, 2.75) is 39.0 Å². The maximum absolute atomic E-state index is 12.5. The van der Waals surface area contributed by atoms with Crippen molar-refractivity contribution in [2.75, 3.05) is 5.32 Å². The lowest BCUT2D eigenvalue weighted by molar-refractivity contribution is 0.102. The number of hydrogen-bond donors (Lipinski definition) is 1. The average Bonchev–Trinajstić information content (AvgIpc) is 2.66. The van der Waals surface area contributed by atoms with Crippen LogP contribution in [0.4, 0.5) is 5.69 Å². The molecule has 0 bridgehead atoms. The molecular formula is C22H22ClNO3. The van der Waals surface area contributed by atoms with E-state index in [4.69, 9.17) is 16.0 Å². The molecule has 27 heavy (non-hydrogen) atoms. The van der Waals surface area contributed by atoms with Crippen molar-refractivity contribution in [1.29, 1.82) is 0 Å². The van der Waals surface area contributed by atoms with Gasteiger partial charge >= 0.3 is 5.63 Å². The van der Waals surface area contributed by atoms with Crippen LogP contribution in [-0.4, -0.2) is 5.91 Å². The number of amides is 1. The third kappa shape index (κ3) is 4.98. The molecule has 2 aromatic carbocycles. The van der Waals surface area contributed by atoms with Gasteiger partial charge in [-0.1, -0.05) is 49.9 Å². The number of rotatable bonds is 7. The normalized spacial score (nSPS) is 10.9. The van der Waals surface area contributed by atoms with E-state index >= 15 is 0 Å². The Morgan fingerprint density at radius 2 is 1.81 bits per heavy atom. The fraction of sp³-hybridized carbons (Fsp3) is 0.273. The molecule has 0 unspecified atom stereocenters. The molecule has 5 heteroatoms. The second kappa shape index (κ2) is 8.87. The first-order chi connectivity index (χ1) is 13.1.